The first-order chi connectivity index (χ1) is 9.20. The second-order valence-corrected chi connectivity index (χ2v) is 5.98. The zero-order valence-corrected chi connectivity index (χ0v) is 11.9. The first kappa shape index (κ1) is 14.6. The fourth-order valence-corrected chi connectivity index (χ4v) is 3.29. The quantitative estimate of drug-likeness (QED) is 0.903. The zero-order chi connectivity index (χ0) is 13.7. The monoisotopic (exact) mass is 285 g/mol. The van der Waals surface area contributed by atoms with E-state index in [0.29, 0.717) is 5.25 Å². The fourth-order valence-electron chi connectivity index (χ4n) is 2.09. The Bertz CT molecular complexity index is 410. The van der Waals surface area contributed by atoms with Crippen molar-refractivity contribution in [1.29, 1.82) is 0 Å². The van der Waals surface area contributed by atoms with Crippen molar-refractivity contribution in [2.75, 3.05) is 26.1 Å². The van der Waals surface area contributed by atoms with Crippen LogP contribution in [0.3, 0.4) is 0 Å². The average molecular weight is 285 g/mol. The Morgan fingerprint density at radius 1 is 1.47 bits per heavy atom. The maximum atomic E-state index is 13.6. The lowest BCUT2D eigenvalue weighted by atomic mass is 10.1. The molecule has 1 unspecified atom stereocenters. The summed E-state index contributed by atoms with van der Waals surface area (Å²) in [6, 6.07) is 4.78. The van der Waals surface area contributed by atoms with E-state index in [0.717, 1.165) is 37.4 Å². The van der Waals surface area contributed by atoms with Crippen molar-refractivity contribution in [2.24, 2.45) is 5.73 Å². The van der Waals surface area contributed by atoms with Crippen molar-refractivity contribution in [3.8, 4) is 5.75 Å². The largest absolute Gasteiger partial charge is 0.494 e. The molecule has 5 heteroatoms. The Labute approximate surface area is 117 Å². The molecule has 3 nitrogen and oxygen atoms in total. The summed E-state index contributed by atoms with van der Waals surface area (Å²) in [5.41, 5.74) is 6.93. The van der Waals surface area contributed by atoms with E-state index in [1.165, 1.54) is 13.2 Å². The highest BCUT2D eigenvalue weighted by Crippen LogP contribution is 2.27. The van der Waals surface area contributed by atoms with Gasteiger partial charge in [0.1, 0.15) is 0 Å². The van der Waals surface area contributed by atoms with Gasteiger partial charge in [0.25, 0.3) is 0 Å². The van der Waals surface area contributed by atoms with Gasteiger partial charge in [-0.15, -0.1) is 0 Å². The van der Waals surface area contributed by atoms with Gasteiger partial charge in [0, 0.05) is 30.3 Å². The van der Waals surface area contributed by atoms with Gasteiger partial charge in [0.05, 0.1) is 7.11 Å². The van der Waals surface area contributed by atoms with Crippen LogP contribution < -0.4 is 10.5 Å². The summed E-state index contributed by atoms with van der Waals surface area (Å²) in [4.78, 5) is 0. The van der Waals surface area contributed by atoms with Crippen LogP contribution in [0.2, 0.25) is 0 Å². The van der Waals surface area contributed by atoms with Gasteiger partial charge >= 0.3 is 0 Å². The predicted molar refractivity (Wildman–Crippen MR) is 76.2 cm³/mol. The molecule has 1 aromatic carbocycles. The average Bonchev–Trinajstić information content (AvgIpc) is 2.45. The van der Waals surface area contributed by atoms with Crippen LogP contribution in [0.5, 0.6) is 5.75 Å². The van der Waals surface area contributed by atoms with Crippen LogP contribution in [0.15, 0.2) is 18.2 Å². The maximum Gasteiger partial charge on any atom is 0.165 e. The third-order valence-electron chi connectivity index (χ3n) is 3.28. The van der Waals surface area contributed by atoms with E-state index in [2.05, 4.69) is 0 Å². The van der Waals surface area contributed by atoms with Gasteiger partial charge in [-0.25, -0.2) is 4.39 Å². The molecule has 0 radical (unpaired) electrons. The van der Waals surface area contributed by atoms with Crippen LogP contribution in [0.1, 0.15) is 24.4 Å². The predicted octanol–water partition coefficient (Wildman–Crippen LogP) is 2.75. The second kappa shape index (κ2) is 7.12. The highest BCUT2D eigenvalue weighted by molar-refractivity contribution is 7.99. The molecular formula is C14H20FNO2S. The normalized spacial score (nSPS) is 18.3. The number of ether oxygens (including phenoxy) is 2. The first-order valence-electron chi connectivity index (χ1n) is 6.49. The smallest absolute Gasteiger partial charge is 0.165 e. The summed E-state index contributed by atoms with van der Waals surface area (Å²) in [6.07, 6.45) is 2.16. The topological polar surface area (TPSA) is 44.5 Å². The lowest BCUT2D eigenvalue weighted by molar-refractivity contribution is 0.1000. The number of methoxy groups -OCH3 is 1. The van der Waals surface area contributed by atoms with Crippen LogP contribution in [0, 0.1) is 5.82 Å². The minimum Gasteiger partial charge on any atom is -0.494 e. The van der Waals surface area contributed by atoms with Crippen molar-refractivity contribution < 1.29 is 13.9 Å². The van der Waals surface area contributed by atoms with Crippen LogP contribution in [0.25, 0.3) is 0 Å². The highest BCUT2D eigenvalue weighted by Gasteiger charge is 2.17. The van der Waals surface area contributed by atoms with Crippen LogP contribution >= 0.6 is 11.8 Å². The highest BCUT2D eigenvalue weighted by atomic mass is 32.2. The Balaban J connectivity index is 1.88. The van der Waals surface area contributed by atoms with E-state index in [9.17, 15) is 4.39 Å². The molecule has 0 saturated carbocycles. The molecule has 1 atom stereocenters. The molecule has 0 amide bonds. The molecule has 1 aliphatic rings. The number of nitrogens with two attached hydrogens (primary N) is 1. The molecule has 0 aromatic heterocycles. The van der Waals surface area contributed by atoms with E-state index < -0.39 is 0 Å². The van der Waals surface area contributed by atoms with Crippen molar-refractivity contribution in [3.63, 3.8) is 0 Å². The molecule has 0 spiro atoms. The number of halogens is 1. The molecule has 1 aromatic rings. The maximum absolute atomic E-state index is 13.6. The van der Waals surface area contributed by atoms with Crippen LogP contribution in [0.4, 0.5) is 4.39 Å². The van der Waals surface area contributed by atoms with Crippen molar-refractivity contribution in [1.82, 2.24) is 0 Å². The first-order valence-corrected chi connectivity index (χ1v) is 7.54. The van der Waals surface area contributed by atoms with Crippen molar-refractivity contribution in [2.45, 2.75) is 24.1 Å². The third kappa shape index (κ3) is 4.09. The van der Waals surface area contributed by atoms with E-state index >= 15 is 0 Å². The van der Waals surface area contributed by atoms with E-state index in [4.69, 9.17) is 15.2 Å². The van der Waals surface area contributed by atoms with Gasteiger partial charge in [-0.3, -0.25) is 0 Å². The van der Waals surface area contributed by atoms with E-state index in [1.807, 2.05) is 17.8 Å². The lowest BCUT2D eigenvalue weighted by Gasteiger charge is -2.23. The number of benzene rings is 1. The molecule has 0 bridgehead atoms. The summed E-state index contributed by atoms with van der Waals surface area (Å²) in [5, 5.41) is 0.614. The van der Waals surface area contributed by atoms with Crippen LogP contribution in [-0.2, 0) is 4.74 Å². The van der Waals surface area contributed by atoms with E-state index in [1.54, 1.807) is 6.07 Å². The number of thioether (sulfide) groups is 1. The molecular weight excluding hydrogens is 265 g/mol. The third-order valence-corrected chi connectivity index (χ3v) is 4.78. The molecule has 0 aliphatic carbocycles. The minimum absolute atomic E-state index is 0.145. The Kier molecular flexibility index (Phi) is 5.48. The summed E-state index contributed by atoms with van der Waals surface area (Å²) < 4.78 is 23.8. The molecule has 106 valence electrons. The second-order valence-electron chi connectivity index (χ2n) is 4.65. The van der Waals surface area contributed by atoms with Crippen LogP contribution in [-0.4, -0.2) is 31.3 Å². The van der Waals surface area contributed by atoms with Gasteiger partial charge in [0.15, 0.2) is 11.6 Å². The van der Waals surface area contributed by atoms with Crippen molar-refractivity contribution in [3.05, 3.63) is 29.6 Å². The summed E-state index contributed by atoms with van der Waals surface area (Å²) in [6.45, 7) is 1.67. The fraction of sp³-hybridized carbons (Fsp3) is 0.571. The summed E-state index contributed by atoms with van der Waals surface area (Å²) in [5.74, 6) is 0.704. The Morgan fingerprint density at radius 3 is 2.84 bits per heavy atom. The standard InChI is InChI=1S/C14H20FNO2S/c1-17-14-3-2-10(8-12(14)15)13(16)9-19-11-4-6-18-7-5-11/h2-3,8,11,13H,4-7,9,16H2,1H3. The number of hydrogen-bond acceptors (Lipinski definition) is 4. The number of hydrogen-bond donors (Lipinski definition) is 1. The SMILES string of the molecule is COc1ccc(C(N)CSC2CCOCC2)cc1F. The van der Waals surface area contributed by atoms with Gasteiger partial charge in [-0.1, -0.05) is 6.07 Å². The Hall–Kier alpha value is -0.780. The molecule has 1 aliphatic heterocycles. The zero-order valence-electron chi connectivity index (χ0n) is 11.1. The van der Waals surface area contributed by atoms with Gasteiger partial charge in [-0.05, 0) is 30.5 Å². The van der Waals surface area contributed by atoms with Gasteiger partial charge < -0.3 is 15.2 Å². The molecule has 2 N–H and O–H groups in total. The summed E-state index contributed by atoms with van der Waals surface area (Å²) in [7, 11) is 1.46. The molecule has 2 rings (SSSR count). The van der Waals surface area contributed by atoms with E-state index in [-0.39, 0.29) is 17.6 Å². The lowest BCUT2D eigenvalue weighted by Crippen LogP contribution is -2.21. The van der Waals surface area contributed by atoms with Gasteiger partial charge in [0.2, 0.25) is 0 Å². The molecule has 1 saturated heterocycles. The summed E-state index contributed by atoms with van der Waals surface area (Å²) >= 11 is 1.86. The molecule has 19 heavy (non-hydrogen) atoms. The minimum atomic E-state index is -0.355. The number of rotatable bonds is 5. The van der Waals surface area contributed by atoms with Crippen molar-refractivity contribution >= 4 is 11.8 Å². The Morgan fingerprint density at radius 2 is 2.21 bits per heavy atom. The molecule has 1 heterocycles. The molecule has 1 fully saturated rings. The van der Waals surface area contributed by atoms with Gasteiger partial charge in [-0.2, -0.15) is 11.8 Å².